The average molecular weight is 329 g/mol. The van der Waals surface area contributed by atoms with Crippen LogP contribution in [0.5, 0.6) is 0 Å². The maximum Gasteiger partial charge on any atom is 0.269 e. The standard InChI is InChI=1S/C14H15N7OS/c1-14(2,3)12-11(23-20-19-12)13(22)18-9-4-5-10(16-6-9)21-8-15-7-17-21/h4-8H,1-3H3,(H,18,22). The topological polar surface area (TPSA) is 98.5 Å². The molecule has 0 bridgehead atoms. The zero-order valence-electron chi connectivity index (χ0n) is 12.9. The van der Waals surface area contributed by atoms with Crippen molar-refractivity contribution in [2.75, 3.05) is 5.32 Å². The number of nitrogens with one attached hydrogen (secondary N) is 1. The van der Waals surface area contributed by atoms with E-state index in [1.807, 2.05) is 20.8 Å². The fourth-order valence-electron chi connectivity index (χ4n) is 1.94. The predicted octanol–water partition coefficient (Wildman–Crippen LogP) is 2.06. The van der Waals surface area contributed by atoms with E-state index in [9.17, 15) is 4.79 Å². The van der Waals surface area contributed by atoms with E-state index in [0.717, 1.165) is 11.5 Å². The lowest BCUT2D eigenvalue weighted by Crippen LogP contribution is -2.20. The first-order valence-electron chi connectivity index (χ1n) is 6.90. The van der Waals surface area contributed by atoms with Crippen LogP contribution in [0, 0.1) is 0 Å². The summed E-state index contributed by atoms with van der Waals surface area (Å²) < 4.78 is 5.43. The lowest BCUT2D eigenvalue weighted by Gasteiger charge is -2.16. The SMILES string of the molecule is CC(C)(C)c1nnsc1C(=O)Nc1ccc(-n2cncn2)nc1. The summed E-state index contributed by atoms with van der Waals surface area (Å²) in [5.74, 6) is 0.385. The quantitative estimate of drug-likeness (QED) is 0.790. The highest BCUT2D eigenvalue weighted by Gasteiger charge is 2.26. The van der Waals surface area contributed by atoms with Crippen molar-refractivity contribution in [2.24, 2.45) is 0 Å². The maximum absolute atomic E-state index is 12.4. The van der Waals surface area contributed by atoms with Gasteiger partial charge in [-0.3, -0.25) is 4.79 Å². The first-order chi connectivity index (χ1) is 10.9. The van der Waals surface area contributed by atoms with Crippen molar-refractivity contribution in [3.8, 4) is 5.82 Å². The number of hydrogen-bond donors (Lipinski definition) is 1. The Balaban J connectivity index is 1.77. The van der Waals surface area contributed by atoms with Crippen molar-refractivity contribution >= 4 is 23.1 Å². The van der Waals surface area contributed by atoms with Gasteiger partial charge in [-0.1, -0.05) is 25.3 Å². The van der Waals surface area contributed by atoms with Gasteiger partial charge in [-0.15, -0.1) is 5.10 Å². The molecule has 0 aliphatic carbocycles. The molecule has 23 heavy (non-hydrogen) atoms. The Kier molecular flexibility index (Phi) is 3.87. The highest BCUT2D eigenvalue weighted by molar-refractivity contribution is 7.08. The van der Waals surface area contributed by atoms with Crippen molar-refractivity contribution in [1.82, 2.24) is 29.3 Å². The molecule has 8 nitrogen and oxygen atoms in total. The van der Waals surface area contributed by atoms with E-state index in [4.69, 9.17) is 0 Å². The van der Waals surface area contributed by atoms with Gasteiger partial charge in [0.2, 0.25) is 0 Å². The van der Waals surface area contributed by atoms with Crippen LogP contribution in [0.25, 0.3) is 5.82 Å². The van der Waals surface area contributed by atoms with Gasteiger partial charge in [-0.05, 0) is 23.7 Å². The summed E-state index contributed by atoms with van der Waals surface area (Å²) >= 11 is 1.09. The van der Waals surface area contributed by atoms with Crippen molar-refractivity contribution in [1.29, 1.82) is 0 Å². The van der Waals surface area contributed by atoms with Crippen molar-refractivity contribution in [3.63, 3.8) is 0 Å². The van der Waals surface area contributed by atoms with Gasteiger partial charge in [0.15, 0.2) is 5.82 Å². The summed E-state index contributed by atoms with van der Waals surface area (Å²) in [6.45, 7) is 5.99. The summed E-state index contributed by atoms with van der Waals surface area (Å²) in [4.78, 5) is 21.0. The molecule has 0 unspecified atom stereocenters. The molecule has 3 aromatic heterocycles. The number of rotatable bonds is 3. The minimum atomic E-state index is -0.241. The summed E-state index contributed by atoms with van der Waals surface area (Å²) in [6, 6.07) is 3.51. The molecule has 0 radical (unpaired) electrons. The number of carbonyl (C=O) groups excluding carboxylic acids is 1. The maximum atomic E-state index is 12.4. The Hall–Kier alpha value is -2.68. The molecule has 118 valence electrons. The summed E-state index contributed by atoms with van der Waals surface area (Å²) in [7, 11) is 0. The highest BCUT2D eigenvalue weighted by atomic mass is 32.1. The third-order valence-corrected chi connectivity index (χ3v) is 3.79. The van der Waals surface area contributed by atoms with E-state index in [1.165, 1.54) is 11.0 Å². The fraction of sp³-hybridized carbons (Fsp3) is 0.286. The molecule has 3 heterocycles. The molecule has 0 atom stereocenters. The van der Waals surface area contributed by atoms with Gasteiger partial charge in [-0.2, -0.15) is 5.10 Å². The Morgan fingerprint density at radius 3 is 2.74 bits per heavy atom. The normalized spacial score (nSPS) is 11.4. The molecular weight excluding hydrogens is 314 g/mol. The molecule has 0 fully saturated rings. The third-order valence-electron chi connectivity index (χ3n) is 3.06. The number of pyridine rings is 1. The number of nitrogens with zero attached hydrogens (tertiary/aromatic N) is 6. The largest absolute Gasteiger partial charge is 0.320 e. The van der Waals surface area contributed by atoms with Crippen molar-refractivity contribution < 1.29 is 4.79 Å². The number of aromatic nitrogens is 6. The molecular formula is C14H15N7OS. The molecule has 9 heteroatoms. The summed E-state index contributed by atoms with van der Waals surface area (Å²) in [6.07, 6.45) is 4.56. The van der Waals surface area contributed by atoms with Gasteiger partial charge in [0.25, 0.3) is 5.91 Å². The number of hydrogen-bond acceptors (Lipinski definition) is 7. The average Bonchev–Trinajstić information content (AvgIpc) is 3.19. The van der Waals surface area contributed by atoms with E-state index >= 15 is 0 Å². The first-order valence-corrected chi connectivity index (χ1v) is 7.68. The zero-order chi connectivity index (χ0) is 16.4. The van der Waals surface area contributed by atoms with Crippen LogP contribution in [0.1, 0.15) is 36.1 Å². The van der Waals surface area contributed by atoms with E-state index < -0.39 is 0 Å². The van der Waals surface area contributed by atoms with Gasteiger partial charge in [0.05, 0.1) is 17.6 Å². The lowest BCUT2D eigenvalue weighted by molar-refractivity contribution is 0.102. The number of amides is 1. The van der Waals surface area contributed by atoms with Gasteiger partial charge in [-0.25, -0.2) is 14.6 Å². The molecule has 0 spiro atoms. The fourth-order valence-corrected chi connectivity index (χ4v) is 2.71. The van der Waals surface area contributed by atoms with E-state index in [2.05, 4.69) is 30.0 Å². The van der Waals surface area contributed by atoms with Crippen LogP contribution in [-0.2, 0) is 5.41 Å². The van der Waals surface area contributed by atoms with E-state index in [-0.39, 0.29) is 11.3 Å². The van der Waals surface area contributed by atoms with Gasteiger partial charge < -0.3 is 5.32 Å². The third kappa shape index (κ3) is 3.24. The molecule has 1 N–H and O–H groups in total. The molecule has 3 aromatic rings. The Morgan fingerprint density at radius 2 is 2.13 bits per heavy atom. The molecule has 0 aliphatic rings. The van der Waals surface area contributed by atoms with Gasteiger partial charge in [0, 0.05) is 5.41 Å². The van der Waals surface area contributed by atoms with E-state index in [1.54, 1.807) is 24.7 Å². The monoisotopic (exact) mass is 329 g/mol. The lowest BCUT2D eigenvalue weighted by atomic mass is 9.91. The molecule has 0 aromatic carbocycles. The van der Waals surface area contributed by atoms with E-state index in [0.29, 0.717) is 22.1 Å². The molecule has 3 rings (SSSR count). The van der Waals surface area contributed by atoms with Crippen molar-refractivity contribution in [3.05, 3.63) is 41.6 Å². The highest BCUT2D eigenvalue weighted by Crippen LogP contribution is 2.26. The second kappa shape index (κ2) is 5.84. The van der Waals surface area contributed by atoms with Crippen LogP contribution in [0.2, 0.25) is 0 Å². The van der Waals surface area contributed by atoms with Crippen molar-refractivity contribution in [2.45, 2.75) is 26.2 Å². The smallest absolute Gasteiger partial charge is 0.269 e. The van der Waals surface area contributed by atoms with Gasteiger partial charge in [0.1, 0.15) is 17.5 Å². The molecule has 0 aliphatic heterocycles. The predicted molar refractivity (Wildman–Crippen MR) is 85.7 cm³/mol. The first kappa shape index (κ1) is 15.2. The zero-order valence-corrected chi connectivity index (χ0v) is 13.7. The second-order valence-corrected chi connectivity index (χ2v) is 6.65. The van der Waals surface area contributed by atoms with Crippen LogP contribution in [0.4, 0.5) is 5.69 Å². The minimum Gasteiger partial charge on any atom is -0.320 e. The minimum absolute atomic E-state index is 0.236. The van der Waals surface area contributed by atoms with Gasteiger partial charge >= 0.3 is 0 Å². The second-order valence-electron chi connectivity index (χ2n) is 5.90. The Bertz CT molecular complexity index is 803. The van der Waals surface area contributed by atoms with Crippen LogP contribution in [0.3, 0.4) is 0 Å². The molecule has 0 saturated carbocycles. The Labute approximate surface area is 136 Å². The molecule has 1 amide bonds. The van der Waals surface area contributed by atoms with Crippen LogP contribution in [-0.4, -0.2) is 35.2 Å². The number of anilines is 1. The number of carbonyl (C=O) groups is 1. The summed E-state index contributed by atoms with van der Waals surface area (Å²) in [5, 5.41) is 10.9. The van der Waals surface area contributed by atoms with Crippen LogP contribution in [0.15, 0.2) is 31.0 Å². The summed E-state index contributed by atoms with van der Waals surface area (Å²) in [5.41, 5.74) is 1.04. The Morgan fingerprint density at radius 1 is 1.30 bits per heavy atom. The van der Waals surface area contributed by atoms with Crippen LogP contribution >= 0.6 is 11.5 Å². The van der Waals surface area contributed by atoms with Crippen LogP contribution < -0.4 is 5.32 Å². The molecule has 0 saturated heterocycles.